The molecule has 1 heterocycles. The Hall–Kier alpha value is -3.31. The highest BCUT2D eigenvalue weighted by Gasteiger charge is 2.14. The molecular weight excluding hydrogens is 356 g/mol. The SMILES string of the molecule is CCCCCCC#Cc1c(-c2ccccc2)ccc2c(=O)oc3ccccc3c12. The van der Waals surface area contributed by atoms with Crippen LogP contribution in [0.15, 0.2) is 75.9 Å². The summed E-state index contributed by atoms with van der Waals surface area (Å²) in [5.74, 6) is 6.78. The monoisotopic (exact) mass is 380 g/mol. The summed E-state index contributed by atoms with van der Waals surface area (Å²) >= 11 is 0. The normalized spacial score (nSPS) is 10.8. The standard InChI is InChI=1S/C27H24O2/c1-2-3-4-5-6-10-15-22-21(20-13-8-7-9-14-20)18-19-24-26(22)23-16-11-12-17-25(23)29-27(24)28/h7-9,11-14,16-19H,2-6H2,1H3. The first-order valence-electron chi connectivity index (χ1n) is 10.3. The minimum Gasteiger partial charge on any atom is -0.422 e. The van der Waals surface area contributed by atoms with Crippen molar-refractivity contribution in [2.75, 3.05) is 0 Å². The molecule has 0 aliphatic carbocycles. The molecule has 0 amide bonds. The van der Waals surface area contributed by atoms with Gasteiger partial charge in [0.25, 0.3) is 0 Å². The molecule has 2 nitrogen and oxygen atoms in total. The summed E-state index contributed by atoms with van der Waals surface area (Å²) in [5.41, 5.74) is 3.34. The summed E-state index contributed by atoms with van der Waals surface area (Å²) in [5, 5.41) is 2.40. The summed E-state index contributed by atoms with van der Waals surface area (Å²) < 4.78 is 5.54. The van der Waals surface area contributed by atoms with E-state index in [1.165, 1.54) is 19.3 Å². The second kappa shape index (κ2) is 8.80. The Kier molecular flexibility index (Phi) is 5.77. The van der Waals surface area contributed by atoms with E-state index in [2.05, 4.69) is 30.9 Å². The lowest BCUT2D eigenvalue weighted by Crippen LogP contribution is -2.02. The first-order valence-corrected chi connectivity index (χ1v) is 10.3. The van der Waals surface area contributed by atoms with Gasteiger partial charge in [0.15, 0.2) is 0 Å². The Morgan fingerprint density at radius 3 is 2.45 bits per heavy atom. The van der Waals surface area contributed by atoms with Crippen molar-refractivity contribution in [1.29, 1.82) is 0 Å². The fourth-order valence-electron chi connectivity index (χ4n) is 3.75. The van der Waals surface area contributed by atoms with Crippen LogP contribution in [-0.4, -0.2) is 0 Å². The average Bonchev–Trinajstić information content (AvgIpc) is 2.76. The predicted molar refractivity (Wildman–Crippen MR) is 121 cm³/mol. The smallest absolute Gasteiger partial charge is 0.344 e. The van der Waals surface area contributed by atoms with E-state index in [0.29, 0.717) is 11.0 Å². The van der Waals surface area contributed by atoms with Gasteiger partial charge in [-0.25, -0.2) is 4.79 Å². The lowest BCUT2D eigenvalue weighted by atomic mass is 9.93. The largest absolute Gasteiger partial charge is 0.422 e. The number of unbranched alkanes of at least 4 members (excludes halogenated alkanes) is 4. The maximum absolute atomic E-state index is 12.6. The van der Waals surface area contributed by atoms with E-state index < -0.39 is 0 Å². The van der Waals surface area contributed by atoms with Crippen LogP contribution in [0, 0.1) is 11.8 Å². The van der Waals surface area contributed by atoms with Gasteiger partial charge in [-0.15, -0.1) is 0 Å². The molecule has 2 heteroatoms. The highest BCUT2D eigenvalue weighted by Crippen LogP contribution is 2.33. The number of para-hydroxylation sites is 1. The summed E-state index contributed by atoms with van der Waals surface area (Å²) in [4.78, 5) is 12.6. The fraction of sp³-hybridized carbons (Fsp3) is 0.222. The summed E-state index contributed by atoms with van der Waals surface area (Å²) in [6.45, 7) is 2.21. The van der Waals surface area contributed by atoms with Crippen molar-refractivity contribution >= 4 is 21.7 Å². The Morgan fingerprint density at radius 2 is 1.62 bits per heavy atom. The molecule has 29 heavy (non-hydrogen) atoms. The Balaban J connectivity index is 1.95. The van der Waals surface area contributed by atoms with Gasteiger partial charge in [0.05, 0.1) is 5.39 Å². The first kappa shape index (κ1) is 19.0. The highest BCUT2D eigenvalue weighted by atomic mass is 16.4. The van der Waals surface area contributed by atoms with Gasteiger partial charge in [-0.3, -0.25) is 0 Å². The minimum atomic E-state index is -0.315. The molecule has 1 aromatic heterocycles. The van der Waals surface area contributed by atoms with Gasteiger partial charge < -0.3 is 4.42 Å². The number of rotatable bonds is 5. The van der Waals surface area contributed by atoms with Crippen LogP contribution in [0.3, 0.4) is 0 Å². The maximum Gasteiger partial charge on any atom is 0.344 e. The molecule has 4 rings (SSSR count). The molecule has 0 bridgehead atoms. The van der Waals surface area contributed by atoms with Gasteiger partial charge in [-0.1, -0.05) is 92.6 Å². The zero-order valence-corrected chi connectivity index (χ0v) is 16.7. The van der Waals surface area contributed by atoms with Crippen molar-refractivity contribution in [3.05, 3.63) is 82.7 Å². The molecule has 3 aromatic carbocycles. The van der Waals surface area contributed by atoms with Crippen LogP contribution in [0.1, 0.15) is 44.6 Å². The Bertz CT molecular complexity index is 1250. The van der Waals surface area contributed by atoms with E-state index in [0.717, 1.165) is 40.3 Å². The van der Waals surface area contributed by atoms with Crippen LogP contribution < -0.4 is 5.63 Å². The van der Waals surface area contributed by atoms with E-state index in [4.69, 9.17) is 4.42 Å². The molecule has 0 N–H and O–H groups in total. The molecule has 0 saturated carbocycles. The molecule has 0 radical (unpaired) electrons. The minimum absolute atomic E-state index is 0.315. The van der Waals surface area contributed by atoms with Crippen LogP contribution in [0.5, 0.6) is 0 Å². The van der Waals surface area contributed by atoms with E-state index in [1.54, 1.807) is 0 Å². The Labute approximate surface area is 171 Å². The van der Waals surface area contributed by atoms with Crippen molar-refractivity contribution in [3.63, 3.8) is 0 Å². The number of fused-ring (bicyclic) bond motifs is 3. The van der Waals surface area contributed by atoms with Crippen molar-refractivity contribution in [3.8, 4) is 23.0 Å². The van der Waals surface area contributed by atoms with E-state index in [1.807, 2.05) is 54.6 Å². The van der Waals surface area contributed by atoms with Crippen LogP contribution in [0.25, 0.3) is 32.9 Å². The van der Waals surface area contributed by atoms with Crippen molar-refractivity contribution in [2.45, 2.75) is 39.0 Å². The molecule has 0 saturated heterocycles. The first-order chi connectivity index (χ1) is 14.3. The van der Waals surface area contributed by atoms with Gasteiger partial charge in [-0.05, 0) is 29.7 Å². The molecule has 4 aromatic rings. The van der Waals surface area contributed by atoms with Crippen LogP contribution in [-0.2, 0) is 0 Å². The maximum atomic E-state index is 12.6. The highest BCUT2D eigenvalue weighted by molar-refractivity contribution is 6.09. The Morgan fingerprint density at radius 1 is 0.828 bits per heavy atom. The van der Waals surface area contributed by atoms with Gasteiger partial charge >= 0.3 is 5.63 Å². The number of hydrogen-bond donors (Lipinski definition) is 0. The second-order valence-electron chi connectivity index (χ2n) is 7.27. The molecule has 0 unspecified atom stereocenters. The number of hydrogen-bond acceptors (Lipinski definition) is 2. The molecule has 0 fully saturated rings. The van der Waals surface area contributed by atoms with Crippen molar-refractivity contribution < 1.29 is 4.42 Å². The quantitative estimate of drug-likeness (QED) is 0.162. The zero-order chi connectivity index (χ0) is 20.1. The van der Waals surface area contributed by atoms with Crippen LogP contribution in [0.4, 0.5) is 0 Å². The lowest BCUT2D eigenvalue weighted by molar-refractivity contribution is 0.569. The third-order valence-corrected chi connectivity index (χ3v) is 5.24. The average molecular weight is 380 g/mol. The van der Waals surface area contributed by atoms with E-state index >= 15 is 0 Å². The predicted octanol–water partition coefficient (Wildman–Crippen LogP) is 6.94. The van der Waals surface area contributed by atoms with Gasteiger partial charge in [0, 0.05) is 22.8 Å². The third kappa shape index (κ3) is 3.96. The number of benzene rings is 3. The lowest BCUT2D eigenvalue weighted by Gasteiger charge is -2.10. The van der Waals surface area contributed by atoms with Gasteiger partial charge in [-0.2, -0.15) is 0 Å². The van der Waals surface area contributed by atoms with E-state index in [9.17, 15) is 4.79 Å². The zero-order valence-electron chi connectivity index (χ0n) is 16.7. The summed E-state index contributed by atoms with van der Waals surface area (Å²) in [6.07, 6.45) is 5.64. The van der Waals surface area contributed by atoms with Crippen LogP contribution in [0.2, 0.25) is 0 Å². The van der Waals surface area contributed by atoms with E-state index in [-0.39, 0.29) is 5.63 Å². The molecule has 0 atom stereocenters. The topological polar surface area (TPSA) is 30.2 Å². The molecule has 144 valence electrons. The second-order valence-corrected chi connectivity index (χ2v) is 7.27. The van der Waals surface area contributed by atoms with Crippen molar-refractivity contribution in [1.82, 2.24) is 0 Å². The summed E-state index contributed by atoms with van der Waals surface area (Å²) in [7, 11) is 0. The van der Waals surface area contributed by atoms with Crippen LogP contribution >= 0.6 is 0 Å². The van der Waals surface area contributed by atoms with Gasteiger partial charge in [0.1, 0.15) is 5.58 Å². The molecule has 0 aliphatic heterocycles. The van der Waals surface area contributed by atoms with Crippen molar-refractivity contribution in [2.24, 2.45) is 0 Å². The summed E-state index contributed by atoms with van der Waals surface area (Å²) in [6, 6.07) is 21.8. The molecule has 0 aliphatic rings. The molecule has 0 spiro atoms. The van der Waals surface area contributed by atoms with Gasteiger partial charge in [0.2, 0.25) is 0 Å². The fourth-order valence-corrected chi connectivity index (χ4v) is 3.75. The molecular formula is C27H24O2. The third-order valence-electron chi connectivity index (χ3n) is 5.24.